The number of benzene rings is 1. The van der Waals surface area contributed by atoms with Crippen LogP contribution in [0, 0.1) is 0 Å². The van der Waals surface area contributed by atoms with E-state index in [1.165, 1.54) is 0 Å². The van der Waals surface area contributed by atoms with Crippen LogP contribution in [-0.4, -0.2) is 23.6 Å². The fraction of sp³-hybridized carbons (Fsp3) is 0.500. The first kappa shape index (κ1) is 12.1. The Labute approximate surface area is 101 Å². The van der Waals surface area contributed by atoms with Gasteiger partial charge in [-0.15, -0.1) is 0 Å². The second-order valence-corrected chi connectivity index (χ2v) is 4.54. The fourth-order valence-corrected chi connectivity index (χ4v) is 2.11. The number of aromatic hydroxyl groups is 1. The summed E-state index contributed by atoms with van der Waals surface area (Å²) < 4.78 is 5.44. The molecule has 0 aliphatic carbocycles. The Morgan fingerprint density at radius 1 is 1.35 bits per heavy atom. The van der Waals surface area contributed by atoms with E-state index in [1.54, 1.807) is 12.1 Å². The second kappa shape index (κ2) is 5.82. The molecule has 1 atom stereocenters. The highest BCUT2D eigenvalue weighted by atomic mass is 16.5. The number of hydrogen-bond acceptors (Lipinski definition) is 3. The molecule has 3 nitrogen and oxygen atoms in total. The van der Waals surface area contributed by atoms with E-state index in [2.05, 4.69) is 0 Å². The molecule has 1 aromatic rings. The molecule has 0 amide bonds. The Morgan fingerprint density at radius 2 is 2.12 bits per heavy atom. The first-order chi connectivity index (χ1) is 8.24. The van der Waals surface area contributed by atoms with Crippen LogP contribution in [0.3, 0.4) is 0 Å². The van der Waals surface area contributed by atoms with Crippen LogP contribution in [0.2, 0.25) is 0 Å². The standard InChI is InChI=1S/C14H18O3/c15-12-6-3-11(4-7-12)5-8-13(16)10-14-2-1-9-17-14/h3-4,6-7,14-15H,1-2,5,8-10H2. The maximum Gasteiger partial charge on any atom is 0.135 e. The Morgan fingerprint density at radius 3 is 2.76 bits per heavy atom. The highest BCUT2D eigenvalue weighted by Crippen LogP contribution is 2.17. The number of phenolic OH excluding ortho intramolecular Hbond substituents is 1. The molecule has 0 aromatic heterocycles. The zero-order chi connectivity index (χ0) is 12.1. The van der Waals surface area contributed by atoms with E-state index in [0.29, 0.717) is 12.8 Å². The van der Waals surface area contributed by atoms with Crippen molar-refractivity contribution in [2.45, 2.75) is 38.2 Å². The lowest BCUT2D eigenvalue weighted by atomic mass is 10.0. The summed E-state index contributed by atoms with van der Waals surface area (Å²) in [7, 11) is 0. The minimum atomic E-state index is 0.155. The molecule has 0 bridgehead atoms. The fourth-order valence-electron chi connectivity index (χ4n) is 2.11. The van der Waals surface area contributed by atoms with Crippen LogP contribution < -0.4 is 0 Å². The lowest BCUT2D eigenvalue weighted by molar-refractivity contribution is -0.121. The van der Waals surface area contributed by atoms with Gasteiger partial charge in [0.25, 0.3) is 0 Å². The molecule has 1 N–H and O–H groups in total. The Bertz CT molecular complexity index is 364. The van der Waals surface area contributed by atoms with E-state index in [0.717, 1.165) is 31.4 Å². The van der Waals surface area contributed by atoms with Gasteiger partial charge in [-0.05, 0) is 37.0 Å². The van der Waals surface area contributed by atoms with Gasteiger partial charge in [-0.3, -0.25) is 4.79 Å². The molecule has 1 aromatic carbocycles. The summed E-state index contributed by atoms with van der Waals surface area (Å²) in [6, 6.07) is 7.02. The van der Waals surface area contributed by atoms with Gasteiger partial charge in [-0.1, -0.05) is 12.1 Å². The molecule has 1 saturated heterocycles. The highest BCUT2D eigenvalue weighted by molar-refractivity contribution is 5.79. The number of aryl methyl sites for hydroxylation is 1. The lowest BCUT2D eigenvalue weighted by Gasteiger charge is -2.07. The van der Waals surface area contributed by atoms with Gasteiger partial charge in [0.05, 0.1) is 6.10 Å². The van der Waals surface area contributed by atoms with Crippen molar-refractivity contribution < 1.29 is 14.6 Å². The second-order valence-electron chi connectivity index (χ2n) is 4.54. The number of Topliss-reactive ketones (excluding diaryl/α,β-unsaturated/α-hetero) is 1. The van der Waals surface area contributed by atoms with E-state index in [4.69, 9.17) is 9.84 Å². The molecular formula is C14H18O3. The molecule has 1 fully saturated rings. The van der Waals surface area contributed by atoms with Crippen LogP contribution in [0.15, 0.2) is 24.3 Å². The Hall–Kier alpha value is -1.35. The quantitative estimate of drug-likeness (QED) is 0.851. The number of rotatable bonds is 5. The zero-order valence-corrected chi connectivity index (χ0v) is 9.89. The number of carbonyl (C=O) groups is 1. The van der Waals surface area contributed by atoms with Crippen molar-refractivity contribution >= 4 is 5.78 Å². The monoisotopic (exact) mass is 234 g/mol. The summed E-state index contributed by atoms with van der Waals surface area (Å²) in [5.41, 5.74) is 1.09. The van der Waals surface area contributed by atoms with E-state index in [-0.39, 0.29) is 17.6 Å². The van der Waals surface area contributed by atoms with Gasteiger partial charge < -0.3 is 9.84 Å². The predicted molar refractivity (Wildman–Crippen MR) is 65.0 cm³/mol. The molecule has 0 saturated carbocycles. The molecule has 17 heavy (non-hydrogen) atoms. The van der Waals surface area contributed by atoms with E-state index >= 15 is 0 Å². The summed E-state index contributed by atoms with van der Waals surface area (Å²) in [5, 5.41) is 9.14. The molecule has 2 rings (SSSR count). The van der Waals surface area contributed by atoms with E-state index < -0.39 is 0 Å². The van der Waals surface area contributed by atoms with Gasteiger partial charge in [0.2, 0.25) is 0 Å². The summed E-state index contributed by atoms with van der Waals surface area (Å²) in [6.45, 7) is 0.801. The smallest absolute Gasteiger partial charge is 0.135 e. The number of carbonyl (C=O) groups excluding carboxylic acids is 1. The van der Waals surface area contributed by atoms with Gasteiger partial charge in [-0.2, -0.15) is 0 Å². The van der Waals surface area contributed by atoms with Gasteiger partial charge in [0.15, 0.2) is 0 Å². The summed E-state index contributed by atoms with van der Waals surface area (Å²) in [5.74, 6) is 0.532. The third-order valence-electron chi connectivity index (χ3n) is 3.11. The summed E-state index contributed by atoms with van der Waals surface area (Å²) in [4.78, 5) is 11.7. The van der Waals surface area contributed by atoms with Crippen molar-refractivity contribution in [2.75, 3.05) is 6.61 Å². The SMILES string of the molecule is O=C(CCc1ccc(O)cc1)CC1CCCO1. The molecule has 3 heteroatoms. The van der Waals surface area contributed by atoms with Crippen molar-refractivity contribution in [1.29, 1.82) is 0 Å². The largest absolute Gasteiger partial charge is 0.508 e. The first-order valence-electron chi connectivity index (χ1n) is 6.15. The van der Waals surface area contributed by atoms with E-state index in [9.17, 15) is 4.79 Å². The van der Waals surface area contributed by atoms with Crippen LogP contribution in [0.5, 0.6) is 5.75 Å². The minimum Gasteiger partial charge on any atom is -0.508 e. The molecule has 1 aliphatic rings. The molecular weight excluding hydrogens is 216 g/mol. The number of hydrogen-bond donors (Lipinski definition) is 1. The number of ether oxygens (including phenoxy) is 1. The average Bonchev–Trinajstić information content (AvgIpc) is 2.81. The number of phenols is 1. The van der Waals surface area contributed by atoms with Gasteiger partial charge >= 0.3 is 0 Å². The topological polar surface area (TPSA) is 46.5 Å². The van der Waals surface area contributed by atoms with Crippen molar-refractivity contribution in [3.05, 3.63) is 29.8 Å². The normalized spacial score (nSPS) is 19.4. The summed E-state index contributed by atoms with van der Waals surface area (Å²) >= 11 is 0. The summed E-state index contributed by atoms with van der Waals surface area (Å²) in [6.07, 6.45) is 4.11. The van der Waals surface area contributed by atoms with Crippen molar-refractivity contribution in [1.82, 2.24) is 0 Å². The predicted octanol–water partition coefficient (Wildman–Crippen LogP) is 2.46. The van der Waals surface area contributed by atoms with Gasteiger partial charge in [0.1, 0.15) is 11.5 Å². The molecule has 92 valence electrons. The van der Waals surface area contributed by atoms with Crippen LogP contribution in [0.4, 0.5) is 0 Å². The van der Waals surface area contributed by atoms with Crippen LogP contribution in [-0.2, 0) is 16.0 Å². The van der Waals surface area contributed by atoms with Crippen molar-refractivity contribution in [3.63, 3.8) is 0 Å². The molecule has 1 unspecified atom stereocenters. The van der Waals surface area contributed by atoms with Crippen LogP contribution in [0.25, 0.3) is 0 Å². The van der Waals surface area contributed by atoms with Crippen LogP contribution >= 0.6 is 0 Å². The minimum absolute atomic E-state index is 0.155. The van der Waals surface area contributed by atoms with Gasteiger partial charge in [0, 0.05) is 19.4 Å². The zero-order valence-electron chi connectivity index (χ0n) is 9.89. The van der Waals surface area contributed by atoms with E-state index in [1.807, 2.05) is 12.1 Å². The molecule has 1 heterocycles. The first-order valence-corrected chi connectivity index (χ1v) is 6.15. The third-order valence-corrected chi connectivity index (χ3v) is 3.11. The van der Waals surface area contributed by atoms with Gasteiger partial charge in [-0.25, -0.2) is 0 Å². The third kappa shape index (κ3) is 3.86. The number of ketones is 1. The maximum atomic E-state index is 11.7. The lowest BCUT2D eigenvalue weighted by Crippen LogP contribution is -2.12. The Kier molecular flexibility index (Phi) is 4.15. The molecule has 0 radical (unpaired) electrons. The molecule has 0 spiro atoms. The van der Waals surface area contributed by atoms with Crippen molar-refractivity contribution in [2.24, 2.45) is 0 Å². The van der Waals surface area contributed by atoms with Crippen molar-refractivity contribution in [3.8, 4) is 5.75 Å². The highest BCUT2D eigenvalue weighted by Gasteiger charge is 2.18. The average molecular weight is 234 g/mol. The molecule has 1 aliphatic heterocycles. The Balaban J connectivity index is 1.73. The van der Waals surface area contributed by atoms with Crippen LogP contribution in [0.1, 0.15) is 31.2 Å². The maximum absolute atomic E-state index is 11.7.